The van der Waals surface area contributed by atoms with E-state index in [1.807, 2.05) is 0 Å². The second-order valence-corrected chi connectivity index (χ2v) is 7.16. The van der Waals surface area contributed by atoms with Crippen molar-refractivity contribution in [2.75, 3.05) is 32.0 Å². The third-order valence-electron chi connectivity index (χ3n) is 4.48. The van der Waals surface area contributed by atoms with Crippen molar-refractivity contribution >= 4 is 15.9 Å². The number of unbranched alkanes of at least 4 members (excludes halogenated alkanes) is 7. The minimum absolute atomic E-state index is 1.18. The van der Waals surface area contributed by atoms with E-state index < -0.39 is 0 Å². The molecule has 0 aromatic heterocycles. The van der Waals surface area contributed by atoms with Crippen molar-refractivity contribution in [3.05, 3.63) is 0 Å². The quantitative estimate of drug-likeness (QED) is 0.297. The fourth-order valence-corrected chi connectivity index (χ4v) is 3.54. The number of piperidine rings is 1. The van der Waals surface area contributed by atoms with Crippen LogP contribution < -0.4 is 0 Å². The minimum atomic E-state index is 1.18. The van der Waals surface area contributed by atoms with Gasteiger partial charge >= 0.3 is 0 Å². The Morgan fingerprint density at radius 3 is 1.78 bits per heavy atom. The van der Waals surface area contributed by atoms with Crippen molar-refractivity contribution in [2.24, 2.45) is 0 Å². The van der Waals surface area contributed by atoms with Crippen LogP contribution in [0.3, 0.4) is 0 Å². The van der Waals surface area contributed by atoms with Crippen molar-refractivity contribution in [1.29, 1.82) is 0 Å². The van der Waals surface area contributed by atoms with Crippen LogP contribution in [0, 0.1) is 0 Å². The van der Waals surface area contributed by atoms with Crippen LogP contribution in [0.25, 0.3) is 0 Å². The van der Waals surface area contributed by atoms with E-state index in [0.717, 1.165) is 0 Å². The topological polar surface area (TPSA) is 0 Å². The molecule has 1 heterocycles. The smallest absolute Gasteiger partial charge is 0.0784 e. The van der Waals surface area contributed by atoms with Gasteiger partial charge in [0.25, 0.3) is 0 Å². The van der Waals surface area contributed by atoms with Gasteiger partial charge in [0.05, 0.1) is 26.7 Å². The first-order valence-electron chi connectivity index (χ1n) is 8.16. The summed E-state index contributed by atoms with van der Waals surface area (Å²) >= 11 is 3.49. The number of halogens is 1. The molecule has 0 aromatic rings. The molecule has 2 heteroatoms. The van der Waals surface area contributed by atoms with Gasteiger partial charge in [-0.05, 0) is 38.5 Å². The maximum absolute atomic E-state index is 3.49. The summed E-state index contributed by atoms with van der Waals surface area (Å²) in [4.78, 5) is 0. The molecule has 1 nitrogen and oxygen atoms in total. The van der Waals surface area contributed by atoms with Crippen LogP contribution in [0.15, 0.2) is 0 Å². The van der Waals surface area contributed by atoms with Crippen molar-refractivity contribution < 1.29 is 4.48 Å². The van der Waals surface area contributed by atoms with Gasteiger partial charge in [0.2, 0.25) is 0 Å². The molecule has 108 valence electrons. The minimum Gasteiger partial charge on any atom is -0.326 e. The van der Waals surface area contributed by atoms with E-state index in [-0.39, 0.29) is 0 Å². The maximum atomic E-state index is 3.49. The fraction of sp³-hybridized carbons (Fsp3) is 1.00. The molecule has 0 radical (unpaired) electrons. The Labute approximate surface area is 123 Å². The molecule has 1 aliphatic heterocycles. The zero-order valence-electron chi connectivity index (χ0n) is 12.4. The van der Waals surface area contributed by atoms with Gasteiger partial charge in [0.1, 0.15) is 0 Å². The highest BCUT2D eigenvalue weighted by Gasteiger charge is 2.23. The summed E-state index contributed by atoms with van der Waals surface area (Å²) in [6.45, 7) is 4.31. The number of rotatable bonds is 10. The monoisotopic (exact) mass is 318 g/mol. The molecule has 0 unspecified atom stereocenters. The summed E-state index contributed by atoms with van der Waals surface area (Å²) in [5, 5.41) is 1.18. The molecule has 0 atom stereocenters. The number of nitrogens with zero attached hydrogens (tertiary/aromatic N) is 1. The van der Waals surface area contributed by atoms with Gasteiger partial charge < -0.3 is 4.48 Å². The first kappa shape index (κ1) is 16.5. The van der Waals surface area contributed by atoms with E-state index in [2.05, 4.69) is 23.0 Å². The van der Waals surface area contributed by atoms with Gasteiger partial charge in [0, 0.05) is 5.33 Å². The summed E-state index contributed by atoms with van der Waals surface area (Å²) in [6.07, 6.45) is 15.9. The van der Waals surface area contributed by atoms with Crippen LogP contribution in [0.5, 0.6) is 0 Å². The first-order valence-corrected chi connectivity index (χ1v) is 9.28. The number of likely N-dealkylation sites (tertiary alicyclic amines) is 1. The zero-order chi connectivity index (χ0) is 13.1. The molecule has 0 amide bonds. The second kappa shape index (κ2) is 10.3. The molecule has 0 N–H and O–H groups in total. The van der Waals surface area contributed by atoms with Crippen molar-refractivity contribution in [3.63, 3.8) is 0 Å². The fourth-order valence-electron chi connectivity index (χ4n) is 3.15. The molecule has 1 fully saturated rings. The van der Waals surface area contributed by atoms with E-state index >= 15 is 0 Å². The van der Waals surface area contributed by atoms with Gasteiger partial charge in [-0.1, -0.05) is 48.0 Å². The summed E-state index contributed by atoms with van der Waals surface area (Å²) < 4.78 is 1.37. The highest BCUT2D eigenvalue weighted by molar-refractivity contribution is 9.09. The Bertz CT molecular complexity index is 188. The third-order valence-corrected chi connectivity index (χ3v) is 5.04. The lowest BCUT2D eigenvalue weighted by Crippen LogP contribution is -2.48. The average molecular weight is 319 g/mol. The highest BCUT2D eigenvalue weighted by Crippen LogP contribution is 2.18. The van der Waals surface area contributed by atoms with Crippen molar-refractivity contribution in [3.8, 4) is 0 Å². The van der Waals surface area contributed by atoms with Crippen LogP contribution in [-0.4, -0.2) is 36.5 Å². The molecule has 0 aliphatic carbocycles. The molecule has 0 bridgehead atoms. The predicted molar refractivity (Wildman–Crippen MR) is 85.4 cm³/mol. The van der Waals surface area contributed by atoms with Crippen LogP contribution in [0.2, 0.25) is 0 Å². The molecule has 1 rings (SSSR count). The normalized spacial score (nSPS) is 19.0. The summed E-state index contributed by atoms with van der Waals surface area (Å²) in [7, 11) is 2.47. The van der Waals surface area contributed by atoms with Crippen molar-refractivity contribution in [2.45, 2.75) is 70.6 Å². The Kier molecular flexibility index (Phi) is 9.40. The van der Waals surface area contributed by atoms with E-state index in [0.29, 0.717) is 0 Å². The van der Waals surface area contributed by atoms with Crippen LogP contribution >= 0.6 is 15.9 Å². The van der Waals surface area contributed by atoms with E-state index in [4.69, 9.17) is 0 Å². The molecule has 0 saturated carbocycles. The first-order chi connectivity index (χ1) is 8.77. The Morgan fingerprint density at radius 2 is 1.22 bits per heavy atom. The second-order valence-electron chi connectivity index (χ2n) is 6.37. The van der Waals surface area contributed by atoms with Crippen molar-refractivity contribution in [1.82, 2.24) is 0 Å². The molecule has 1 saturated heterocycles. The average Bonchev–Trinajstić information content (AvgIpc) is 2.38. The SMILES string of the molecule is C[N+]1(CCCCCCCCCCBr)CCCCC1. The number of hydrogen-bond donors (Lipinski definition) is 0. The van der Waals surface area contributed by atoms with Gasteiger partial charge in [-0.3, -0.25) is 0 Å². The van der Waals surface area contributed by atoms with E-state index in [1.54, 1.807) is 0 Å². The lowest BCUT2D eigenvalue weighted by atomic mass is 10.1. The summed E-state index contributed by atoms with van der Waals surface area (Å²) in [5.41, 5.74) is 0. The molecule has 18 heavy (non-hydrogen) atoms. The molecule has 0 aromatic carbocycles. The number of hydrogen-bond acceptors (Lipinski definition) is 0. The maximum Gasteiger partial charge on any atom is 0.0784 e. The molecular weight excluding hydrogens is 286 g/mol. The van der Waals surface area contributed by atoms with Crippen LogP contribution in [0.1, 0.15) is 70.6 Å². The van der Waals surface area contributed by atoms with Gasteiger partial charge in [-0.15, -0.1) is 0 Å². The Balaban J connectivity index is 1.86. The molecule has 1 aliphatic rings. The lowest BCUT2D eigenvalue weighted by molar-refractivity contribution is -0.914. The third kappa shape index (κ3) is 7.78. The highest BCUT2D eigenvalue weighted by atomic mass is 79.9. The zero-order valence-corrected chi connectivity index (χ0v) is 14.0. The predicted octanol–water partition coefficient (Wildman–Crippen LogP) is 5.13. The largest absolute Gasteiger partial charge is 0.326 e. The van der Waals surface area contributed by atoms with Gasteiger partial charge in [-0.2, -0.15) is 0 Å². The number of quaternary nitrogens is 1. The molecular formula is C16H33BrN+. The number of alkyl halides is 1. The van der Waals surface area contributed by atoms with E-state index in [9.17, 15) is 0 Å². The lowest BCUT2D eigenvalue weighted by Gasteiger charge is -2.37. The Hall–Kier alpha value is 0.440. The summed E-state index contributed by atoms with van der Waals surface area (Å²) in [5.74, 6) is 0. The summed E-state index contributed by atoms with van der Waals surface area (Å²) in [6, 6.07) is 0. The standard InChI is InChI=1S/C16H33BrN/c1-18(15-11-8-12-16-18)14-10-7-5-3-2-4-6-9-13-17/h2-16H2,1H3/q+1. The van der Waals surface area contributed by atoms with Gasteiger partial charge in [0.15, 0.2) is 0 Å². The van der Waals surface area contributed by atoms with Crippen LogP contribution in [0.4, 0.5) is 0 Å². The van der Waals surface area contributed by atoms with Gasteiger partial charge in [-0.25, -0.2) is 0 Å². The molecule has 0 spiro atoms. The Morgan fingerprint density at radius 1 is 0.722 bits per heavy atom. The van der Waals surface area contributed by atoms with E-state index in [1.165, 1.54) is 100 Å². The van der Waals surface area contributed by atoms with Crippen LogP contribution in [-0.2, 0) is 0 Å².